The summed E-state index contributed by atoms with van der Waals surface area (Å²) in [5, 5.41) is 0. The van der Waals surface area contributed by atoms with Gasteiger partial charge in [-0.05, 0) is 61.9 Å². The molecule has 0 unspecified atom stereocenters. The van der Waals surface area contributed by atoms with Gasteiger partial charge in [-0.3, -0.25) is 4.90 Å². The summed E-state index contributed by atoms with van der Waals surface area (Å²) in [6, 6.07) is 7.37. The van der Waals surface area contributed by atoms with Crippen LogP contribution in [0.25, 0.3) is 11.0 Å². The molecule has 4 rings (SSSR count). The van der Waals surface area contributed by atoms with Crippen LogP contribution in [0.4, 0.5) is 0 Å². The Bertz CT molecular complexity index is 683. The van der Waals surface area contributed by atoms with Gasteiger partial charge in [0.05, 0.1) is 11.7 Å². The van der Waals surface area contributed by atoms with Crippen molar-refractivity contribution in [3.63, 3.8) is 0 Å². The fraction of sp³-hybridized carbons (Fsp3) is 0.684. The lowest BCUT2D eigenvalue weighted by molar-refractivity contribution is 0.0149. The Labute approximate surface area is 149 Å². The largest absolute Gasteiger partial charge is 0.303 e. The molecule has 130 valence electrons. The summed E-state index contributed by atoms with van der Waals surface area (Å²) >= 11 is 1.31. The van der Waals surface area contributed by atoms with Crippen LogP contribution in [0.15, 0.2) is 18.2 Å². The van der Waals surface area contributed by atoms with Gasteiger partial charge in [0.1, 0.15) is 11.0 Å². The van der Waals surface area contributed by atoms with E-state index in [1.807, 2.05) is 0 Å². The number of hydrogen-bond donors (Lipinski definition) is 0. The standard InChI is InChI=1S/C19H28N4S/c1-14(2)11-22-9-7-19-16(13-22)4-3-8-23(19)12-15-5-6-17-18(10-15)21-24-20-17/h5-6,10,14,16,19H,3-4,7-9,11-13H2,1-2H3/t16-,19+/m1/s1. The molecule has 1 aromatic carbocycles. The van der Waals surface area contributed by atoms with Crippen molar-refractivity contribution < 1.29 is 0 Å². The SMILES string of the molecule is CC(C)CN1CC[C@H]2[C@H](CCCN2Cc2ccc3nsnc3c2)C1. The minimum absolute atomic E-state index is 0.770. The van der Waals surface area contributed by atoms with Crippen molar-refractivity contribution in [3.8, 4) is 0 Å². The van der Waals surface area contributed by atoms with E-state index in [0.29, 0.717) is 0 Å². The van der Waals surface area contributed by atoms with Crippen LogP contribution in [0.3, 0.4) is 0 Å². The molecular weight excluding hydrogens is 316 g/mol. The lowest BCUT2D eigenvalue weighted by Crippen LogP contribution is -2.54. The van der Waals surface area contributed by atoms with Crippen molar-refractivity contribution in [2.45, 2.75) is 45.7 Å². The first kappa shape index (κ1) is 16.4. The lowest BCUT2D eigenvalue weighted by Gasteiger charge is -2.47. The maximum atomic E-state index is 4.40. The van der Waals surface area contributed by atoms with E-state index < -0.39 is 0 Å². The summed E-state index contributed by atoms with van der Waals surface area (Å²) in [6.45, 7) is 10.8. The van der Waals surface area contributed by atoms with Crippen LogP contribution in [0.5, 0.6) is 0 Å². The van der Waals surface area contributed by atoms with Crippen molar-refractivity contribution in [2.24, 2.45) is 11.8 Å². The van der Waals surface area contributed by atoms with Crippen LogP contribution in [-0.4, -0.2) is 50.8 Å². The Morgan fingerprint density at radius 2 is 2.04 bits per heavy atom. The van der Waals surface area contributed by atoms with Crippen LogP contribution in [0.2, 0.25) is 0 Å². The van der Waals surface area contributed by atoms with Gasteiger partial charge >= 0.3 is 0 Å². The van der Waals surface area contributed by atoms with Crippen LogP contribution >= 0.6 is 11.7 Å². The predicted molar refractivity (Wildman–Crippen MR) is 100 cm³/mol. The molecule has 2 atom stereocenters. The van der Waals surface area contributed by atoms with Gasteiger partial charge in [-0.15, -0.1) is 0 Å². The molecule has 0 aliphatic carbocycles. The quantitative estimate of drug-likeness (QED) is 0.848. The van der Waals surface area contributed by atoms with Gasteiger partial charge in [0.2, 0.25) is 0 Å². The van der Waals surface area contributed by atoms with E-state index in [-0.39, 0.29) is 0 Å². The number of rotatable bonds is 4. The Hall–Kier alpha value is -1.04. The van der Waals surface area contributed by atoms with Gasteiger partial charge in [-0.25, -0.2) is 0 Å². The van der Waals surface area contributed by atoms with Gasteiger partial charge in [0.25, 0.3) is 0 Å². The first-order chi connectivity index (χ1) is 11.7. The third kappa shape index (κ3) is 3.48. The molecule has 0 bridgehead atoms. The summed E-state index contributed by atoms with van der Waals surface area (Å²) in [5.41, 5.74) is 3.47. The average molecular weight is 345 g/mol. The van der Waals surface area contributed by atoms with E-state index in [0.717, 1.165) is 35.5 Å². The zero-order valence-electron chi connectivity index (χ0n) is 14.8. The molecule has 0 N–H and O–H groups in total. The van der Waals surface area contributed by atoms with Crippen molar-refractivity contribution in [3.05, 3.63) is 23.8 Å². The third-order valence-electron chi connectivity index (χ3n) is 5.59. The van der Waals surface area contributed by atoms with Crippen LogP contribution in [-0.2, 0) is 6.54 Å². The highest BCUT2D eigenvalue weighted by molar-refractivity contribution is 7.00. The molecular formula is C19H28N4S. The number of fused-ring (bicyclic) bond motifs is 2. The molecule has 0 amide bonds. The number of hydrogen-bond acceptors (Lipinski definition) is 5. The minimum Gasteiger partial charge on any atom is -0.303 e. The van der Waals surface area contributed by atoms with Gasteiger partial charge < -0.3 is 4.90 Å². The third-order valence-corrected chi connectivity index (χ3v) is 6.15. The zero-order chi connectivity index (χ0) is 16.5. The van der Waals surface area contributed by atoms with Gasteiger partial charge in [0.15, 0.2) is 0 Å². The molecule has 5 heteroatoms. The van der Waals surface area contributed by atoms with Crippen molar-refractivity contribution in [1.29, 1.82) is 0 Å². The van der Waals surface area contributed by atoms with Crippen molar-refractivity contribution in [2.75, 3.05) is 26.2 Å². The molecule has 2 fully saturated rings. The Balaban J connectivity index is 1.44. The number of aromatic nitrogens is 2. The Morgan fingerprint density at radius 3 is 2.92 bits per heavy atom. The fourth-order valence-electron chi connectivity index (χ4n) is 4.62. The highest BCUT2D eigenvalue weighted by atomic mass is 32.1. The number of piperidine rings is 2. The molecule has 3 heterocycles. The fourth-order valence-corrected chi connectivity index (χ4v) is 5.14. The van der Waals surface area contributed by atoms with Gasteiger partial charge in [0, 0.05) is 25.7 Å². The molecule has 2 aliphatic heterocycles. The Morgan fingerprint density at radius 1 is 1.17 bits per heavy atom. The van der Waals surface area contributed by atoms with Crippen molar-refractivity contribution in [1.82, 2.24) is 18.5 Å². The summed E-state index contributed by atoms with van der Waals surface area (Å²) < 4.78 is 8.71. The topological polar surface area (TPSA) is 32.3 Å². The maximum absolute atomic E-state index is 4.40. The molecule has 24 heavy (non-hydrogen) atoms. The highest BCUT2D eigenvalue weighted by Gasteiger charge is 2.35. The van der Waals surface area contributed by atoms with E-state index >= 15 is 0 Å². The number of nitrogens with zero attached hydrogens (tertiary/aromatic N) is 4. The maximum Gasteiger partial charge on any atom is 0.105 e. The lowest BCUT2D eigenvalue weighted by atomic mass is 9.83. The normalized spacial score (nSPS) is 26.1. The van der Waals surface area contributed by atoms with E-state index in [4.69, 9.17) is 0 Å². The van der Waals surface area contributed by atoms with Crippen LogP contribution < -0.4 is 0 Å². The second kappa shape index (κ2) is 7.06. The minimum atomic E-state index is 0.770. The Kier molecular flexibility index (Phi) is 4.83. The summed E-state index contributed by atoms with van der Waals surface area (Å²) in [7, 11) is 0. The van der Waals surface area contributed by atoms with Gasteiger partial charge in [-0.1, -0.05) is 19.9 Å². The average Bonchev–Trinajstić information content (AvgIpc) is 3.02. The molecule has 2 aliphatic rings. The van der Waals surface area contributed by atoms with E-state index in [1.165, 1.54) is 62.7 Å². The first-order valence-electron chi connectivity index (χ1n) is 9.36. The second-order valence-corrected chi connectivity index (χ2v) is 8.50. The van der Waals surface area contributed by atoms with E-state index in [2.05, 4.69) is 50.6 Å². The molecule has 2 saturated heterocycles. The zero-order valence-corrected chi connectivity index (χ0v) is 15.6. The smallest absolute Gasteiger partial charge is 0.105 e. The molecule has 2 aromatic rings. The molecule has 0 saturated carbocycles. The van der Waals surface area contributed by atoms with Crippen LogP contribution in [0.1, 0.15) is 38.7 Å². The van der Waals surface area contributed by atoms with E-state index in [1.54, 1.807) is 0 Å². The molecule has 1 aromatic heterocycles. The van der Waals surface area contributed by atoms with E-state index in [9.17, 15) is 0 Å². The van der Waals surface area contributed by atoms with Crippen LogP contribution in [0, 0.1) is 11.8 Å². The highest BCUT2D eigenvalue weighted by Crippen LogP contribution is 2.32. The molecule has 0 spiro atoms. The second-order valence-electron chi connectivity index (χ2n) is 7.97. The predicted octanol–water partition coefficient (Wildman–Crippen LogP) is 3.63. The summed E-state index contributed by atoms with van der Waals surface area (Å²) in [6.07, 6.45) is 4.08. The van der Waals surface area contributed by atoms with Crippen molar-refractivity contribution >= 4 is 22.8 Å². The summed E-state index contributed by atoms with van der Waals surface area (Å²) in [5.74, 6) is 1.63. The molecule has 4 nitrogen and oxygen atoms in total. The number of likely N-dealkylation sites (tertiary alicyclic amines) is 2. The first-order valence-corrected chi connectivity index (χ1v) is 10.1. The number of benzene rings is 1. The summed E-state index contributed by atoms with van der Waals surface area (Å²) in [4.78, 5) is 5.43. The van der Waals surface area contributed by atoms with Gasteiger partial charge in [-0.2, -0.15) is 8.75 Å². The molecule has 0 radical (unpaired) electrons. The monoisotopic (exact) mass is 344 g/mol.